The van der Waals surface area contributed by atoms with Crippen LogP contribution in [0.2, 0.25) is 5.02 Å². The molecular formula is C16H12ClNO2. The molecule has 0 bridgehead atoms. The molecule has 0 unspecified atom stereocenters. The third kappa shape index (κ3) is 2.17. The molecule has 4 heteroatoms. The molecule has 0 N–H and O–H groups in total. The van der Waals surface area contributed by atoms with Crippen molar-refractivity contribution in [3.63, 3.8) is 0 Å². The first-order valence-electron chi connectivity index (χ1n) is 6.14. The lowest BCUT2D eigenvalue weighted by Crippen LogP contribution is -2.17. The Labute approximate surface area is 121 Å². The van der Waals surface area contributed by atoms with Crippen molar-refractivity contribution in [3.8, 4) is 11.4 Å². The number of nitrogens with zero attached hydrogens (tertiary/aromatic N) is 1. The maximum absolute atomic E-state index is 12.5. The molecule has 2 aromatic carbocycles. The lowest BCUT2D eigenvalue weighted by atomic mass is 10.1. The minimum absolute atomic E-state index is 0.0654. The van der Waals surface area contributed by atoms with Crippen molar-refractivity contribution >= 4 is 22.4 Å². The van der Waals surface area contributed by atoms with Gasteiger partial charge in [0.2, 0.25) is 0 Å². The van der Waals surface area contributed by atoms with Gasteiger partial charge in [0.1, 0.15) is 5.75 Å². The van der Waals surface area contributed by atoms with E-state index < -0.39 is 0 Å². The average molecular weight is 286 g/mol. The van der Waals surface area contributed by atoms with E-state index >= 15 is 0 Å². The summed E-state index contributed by atoms with van der Waals surface area (Å²) in [6, 6.07) is 14.5. The predicted octanol–water partition coefficient (Wildman–Crippen LogP) is 3.65. The van der Waals surface area contributed by atoms with Crippen LogP contribution in [0.5, 0.6) is 5.75 Å². The molecule has 0 radical (unpaired) electrons. The van der Waals surface area contributed by atoms with Gasteiger partial charge in [0.15, 0.2) is 0 Å². The number of hydrogen-bond acceptors (Lipinski definition) is 2. The van der Waals surface area contributed by atoms with Crippen LogP contribution in [0, 0.1) is 0 Å². The maximum atomic E-state index is 12.5. The van der Waals surface area contributed by atoms with Crippen LogP contribution < -0.4 is 10.3 Å². The van der Waals surface area contributed by atoms with Gasteiger partial charge in [0.25, 0.3) is 5.56 Å². The average Bonchev–Trinajstić information content (AvgIpc) is 2.48. The molecule has 1 heterocycles. The van der Waals surface area contributed by atoms with Crippen LogP contribution in [-0.4, -0.2) is 11.7 Å². The quantitative estimate of drug-likeness (QED) is 0.720. The van der Waals surface area contributed by atoms with Crippen LogP contribution in [0.4, 0.5) is 0 Å². The minimum atomic E-state index is -0.0654. The van der Waals surface area contributed by atoms with Gasteiger partial charge in [0.05, 0.1) is 7.11 Å². The highest BCUT2D eigenvalue weighted by Crippen LogP contribution is 2.18. The standard InChI is InChI=1S/C16H12ClNO2/c1-20-14-5-3-13(4-6-14)18-9-8-11-10-12(17)2-7-15(11)16(18)19/h2-10H,1H3. The molecule has 20 heavy (non-hydrogen) atoms. The van der Waals surface area contributed by atoms with Gasteiger partial charge < -0.3 is 4.74 Å². The van der Waals surface area contributed by atoms with Crippen molar-refractivity contribution < 1.29 is 4.74 Å². The zero-order chi connectivity index (χ0) is 14.1. The summed E-state index contributed by atoms with van der Waals surface area (Å²) in [5.41, 5.74) is 0.733. The van der Waals surface area contributed by atoms with E-state index in [-0.39, 0.29) is 5.56 Å². The van der Waals surface area contributed by atoms with Crippen molar-refractivity contribution in [3.05, 3.63) is 70.1 Å². The molecule has 0 atom stereocenters. The number of ether oxygens (including phenoxy) is 1. The van der Waals surface area contributed by atoms with E-state index in [1.54, 1.807) is 36.1 Å². The third-order valence-electron chi connectivity index (χ3n) is 3.22. The van der Waals surface area contributed by atoms with E-state index in [2.05, 4.69) is 0 Å². The zero-order valence-corrected chi connectivity index (χ0v) is 11.6. The smallest absolute Gasteiger partial charge is 0.262 e. The molecule has 0 aliphatic heterocycles. The summed E-state index contributed by atoms with van der Waals surface area (Å²) in [4.78, 5) is 12.5. The Morgan fingerprint density at radius 1 is 1.05 bits per heavy atom. The fraction of sp³-hybridized carbons (Fsp3) is 0.0625. The lowest BCUT2D eigenvalue weighted by molar-refractivity contribution is 0.414. The van der Waals surface area contributed by atoms with Crippen LogP contribution in [0.1, 0.15) is 0 Å². The summed E-state index contributed by atoms with van der Waals surface area (Å²) in [5.74, 6) is 0.759. The number of methoxy groups -OCH3 is 1. The Balaban J connectivity index is 2.18. The summed E-state index contributed by atoms with van der Waals surface area (Å²) >= 11 is 5.94. The molecule has 3 aromatic rings. The van der Waals surface area contributed by atoms with Gasteiger partial charge in [-0.25, -0.2) is 0 Å². The second-order valence-electron chi connectivity index (χ2n) is 4.42. The van der Waals surface area contributed by atoms with Gasteiger partial charge in [-0.1, -0.05) is 11.6 Å². The summed E-state index contributed by atoms with van der Waals surface area (Å²) in [7, 11) is 1.61. The van der Waals surface area contributed by atoms with Crippen molar-refractivity contribution in [1.82, 2.24) is 4.57 Å². The van der Waals surface area contributed by atoms with Gasteiger partial charge in [-0.3, -0.25) is 9.36 Å². The number of aromatic nitrogens is 1. The maximum Gasteiger partial charge on any atom is 0.262 e. The van der Waals surface area contributed by atoms with E-state index in [1.807, 2.05) is 30.3 Å². The van der Waals surface area contributed by atoms with Crippen LogP contribution in [-0.2, 0) is 0 Å². The normalized spacial score (nSPS) is 10.7. The van der Waals surface area contributed by atoms with Crippen molar-refractivity contribution in [2.45, 2.75) is 0 Å². The third-order valence-corrected chi connectivity index (χ3v) is 3.45. The monoisotopic (exact) mass is 285 g/mol. The van der Waals surface area contributed by atoms with Gasteiger partial charge in [-0.15, -0.1) is 0 Å². The second-order valence-corrected chi connectivity index (χ2v) is 4.86. The SMILES string of the molecule is COc1ccc(-n2ccc3cc(Cl)ccc3c2=O)cc1. The highest BCUT2D eigenvalue weighted by Gasteiger charge is 2.05. The number of hydrogen-bond donors (Lipinski definition) is 0. The van der Waals surface area contributed by atoms with Crippen molar-refractivity contribution in [2.24, 2.45) is 0 Å². The molecule has 1 aromatic heterocycles. The molecule has 0 aliphatic rings. The topological polar surface area (TPSA) is 31.2 Å². The Kier molecular flexibility index (Phi) is 3.20. The predicted molar refractivity (Wildman–Crippen MR) is 81.1 cm³/mol. The summed E-state index contributed by atoms with van der Waals surface area (Å²) in [5, 5.41) is 2.11. The van der Waals surface area contributed by atoms with Crippen molar-refractivity contribution in [2.75, 3.05) is 7.11 Å². The van der Waals surface area contributed by atoms with Crippen LogP contribution in [0.3, 0.4) is 0 Å². The minimum Gasteiger partial charge on any atom is -0.497 e. The Hall–Kier alpha value is -2.26. The van der Waals surface area contributed by atoms with Gasteiger partial charge >= 0.3 is 0 Å². The number of pyridine rings is 1. The van der Waals surface area contributed by atoms with Crippen LogP contribution >= 0.6 is 11.6 Å². The van der Waals surface area contributed by atoms with Gasteiger partial charge in [-0.05, 0) is 53.9 Å². The Morgan fingerprint density at radius 3 is 2.50 bits per heavy atom. The molecule has 0 spiro atoms. The molecule has 0 saturated carbocycles. The molecule has 0 amide bonds. The number of rotatable bonds is 2. The Morgan fingerprint density at radius 2 is 1.80 bits per heavy atom. The number of benzene rings is 2. The number of halogens is 1. The van der Waals surface area contributed by atoms with Crippen LogP contribution in [0.15, 0.2) is 59.5 Å². The molecule has 0 aliphatic carbocycles. The van der Waals surface area contributed by atoms with Crippen LogP contribution in [0.25, 0.3) is 16.5 Å². The largest absolute Gasteiger partial charge is 0.497 e. The van der Waals surface area contributed by atoms with E-state index in [0.717, 1.165) is 16.8 Å². The Bertz CT molecular complexity index is 822. The van der Waals surface area contributed by atoms with E-state index in [0.29, 0.717) is 10.4 Å². The van der Waals surface area contributed by atoms with E-state index in [1.165, 1.54) is 0 Å². The summed E-state index contributed by atoms with van der Waals surface area (Å²) < 4.78 is 6.72. The van der Waals surface area contributed by atoms with E-state index in [9.17, 15) is 4.79 Å². The number of fused-ring (bicyclic) bond motifs is 1. The first kappa shape index (κ1) is 12.8. The first-order valence-corrected chi connectivity index (χ1v) is 6.52. The van der Waals surface area contributed by atoms with Crippen molar-refractivity contribution in [1.29, 1.82) is 0 Å². The summed E-state index contributed by atoms with van der Waals surface area (Å²) in [6.07, 6.45) is 1.75. The fourth-order valence-corrected chi connectivity index (χ4v) is 2.35. The molecule has 3 rings (SSSR count). The zero-order valence-electron chi connectivity index (χ0n) is 10.8. The first-order chi connectivity index (χ1) is 9.69. The molecule has 0 saturated heterocycles. The summed E-state index contributed by atoms with van der Waals surface area (Å²) in [6.45, 7) is 0. The van der Waals surface area contributed by atoms with E-state index in [4.69, 9.17) is 16.3 Å². The fourth-order valence-electron chi connectivity index (χ4n) is 2.16. The highest BCUT2D eigenvalue weighted by molar-refractivity contribution is 6.31. The van der Waals surface area contributed by atoms with Gasteiger partial charge in [-0.2, -0.15) is 0 Å². The van der Waals surface area contributed by atoms with Gasteiger partial charge in [0, 0.05) is 22.3 Å². The second kappa shape index (κ2) is 5.02. The molecule has 0 fully saturated rings. The lowest BCUT2D eigenvalue weighted by Gasteiger charge is -2.08. The molecular weight excluding hydrogens is 274 g/mol. The molecule has 3 nitrogen and oxygen atoms in total. The molecule has 100 valence electrons. The highest BCUT2D eigenvalue weighted by atomic mass is 35.5.